The van der Waals surface area contributed by atoms with E-state index in [0.717, 1.165) is 36.1 Å². The summed E-state index contributed by atoms with van der Waals surface area (Å²) in [4.78, 5) is 28.9. The van der Waals surface area contributed by atoms with Gasteiger partial charge in [-0.25, -0.2) is 9.78 Å². The number of anilines is 3. The first-order chi connectivity index (χ1) is 18.1. The van der Waals surface area contributed by atoms with Crippen molar-refractivity contribution in [3.63, 3.8) is 0 Å². The van der Waals surface area contributed by atoms with Crippen LogP contribution in [-0.2, 0) is 16.0 Å². The fourth-order valence-electron chi connectivity index (χ4n) is 4.01. The molecule has 194 valence electrons. The van der Waals surface area contributed by atoms with Crippen molar-refractivity contribution >= 4 is 29.3 Å². The molecule has 38 heavy (non-hydrogen) atoms. The number of amides is 1. The largest absolute Gasteiger partial charge is 0.442 e. The molecule has 0 bridgehead atoms. The molecule has 8 heteroatoms. The van der Waals surface area contributed by atoms with E-state index in [1.807, 2.05) is 44.9 Å². The van der Waals surface area contributed by atoms with Gasteiger partial charge >= 0.3 is 6.09 Å². The second-order valence-electron chi connectivity index (χ2n) is 10.1. The maximum absolute atomic E-state index is 12.6. The summed E-state index contributed by atoms with van der Waals surface area (Å²) >= 11 is 0. The van der Waals surface area contributed by atoms with Crippen molar-refractivity contribution in [3.05, 3.63) is 77.5 Å². The molecule has 3 aromatic rings. The third-order valence-electron chi connectivity index (χ3n) is 5.70. The average molecular weight is 510 g/mol. The number of benzene rings is 1. The van der Waals surface area contributed by atoms with Crippen molar-refractivity contribution in [2.24, 2.45) is 0 Å². The van der Waals surface area contributed by atoms with Crippen molar-refractivity contribution < 1.29 is 14.3 Å². The van der Waals surface area contributed by atoms with Gasteiger partial charge in [-0.3, -0.25) is 4.79 Å². The number of nitrogens with one attached hydrogen (secondary N) is 2. The van der Waals surface area contributed by atoms with E-state index in [2.05, 4.69) is 40.0 Å². The lowest BCUT2D eigenvalue weighted by Gasteiger charge is -2.19. The highest BCUT2D eigenvalue weighted by molar-refractivity contribution is 6.03. The van der Waals surface area contributed by atoms with Crippen LogP contribution in [-0.4, -0.2) is 32.4 Å². The summed E-state index contributed by atoms with van der Waals surface area (Å²) in [7, 11) is 0. The van der Waals surface area contributed by atoms with Crippen molar-refractivity contribution in [1.82, 2.24) is 14.8 Å². The normalized spacial score (nSPS) is 12.9. The van der Waals surface area contributed by atoms with E-state index in [1.165, 1.54) is 10.3 Å². The van der Waals surface area contributed by atoms with Gasteiger partial charge in [-0.1, -0.05) is 35.9 Å². The second-order valence-corrected chi connectivity index (χ2v) is 10.1. The molecule has 1 aliphatic rings. The Labute approximate surface area is 222 Å². The number of rotatable bonds is 6. The van der Waals surface area contributed by atoms with Gasteiger partial charge in [0.2, 0.25) is 0 Å². The zero-order chi connectivity index (χ0) is 27.3. The fourth-order valence-corrected chi connectivity index (χ4v) is 4.01. The van der Waals surface area contributed by atoms with E-state index < -0.39 is 17.6 Å². The van der Waals surface area contributed by atoms with Crippen LogP contribution in [0.5, 0.6) is 0 Å². The monoisotopic (exact) mass is 509 g/mol. The summed E-state index contributed by atoms with van der Waals surface area (Å²) in [6.45, 7) is 7.23. The molecule has 0 spiro atoms. The van der Waals surface area contributed by atoms with Crippen LogP contribution in [0.4, 0.5) is 22.1 Å². The number of terminal acetylenes is 1. The smallest absolute Gasteiger partial charge is 0.435 e. The Hall–Kier alpha value is -4.64. The van der Waals surface area contributed by atoms with Gasteiger partial charge in [-0.15, -0.1) is 11.5 Å². The zero-order valence-electron chi connectivity index (χ0n) is 22.0. The number of ether oxygens (including phenoxy) is 1. The summed E-state index contributed by atoms with van der Waals surface area (Å²) < 4.78 is 6.70. The molecule has 0 saturated carbocycles. The molecule has 0 atom stereocenters. The minimum absolute atomic E-state index is 0.483. The minimum Gasteiger partial charge on any atom is -0.442 e. The van der Waals surface area contributed by atoms with E-state index >= 15 is 0 Å². The average Bonchev–Trinajstić information content (AvgIpc) is 3.23. The van der Waals surface area contributed by atoms with Crippen molar-refractivity contribution in [2.75, 3.05) is 10.6 Å². The number of allylic oxidation sites excluding steroid dienone is 4. The highest BCUT2D eigenvalue weighted by Gasteiger charge is 2.21. The van der Waals surface area contributed by atoms with E-state index in [1.54, 1.807) is 25.1 Å². The molecule has 2 heterocycles. The number of pyridine rings is 1. The van der Waals surface area contributed by atoms with Crippen molar-refractivity contribution in [3.8, 4) is 23.6 Å². The first-order valence-corrected chi connectivity index (χ1v) is 12.4. The third-order valence-corrected chi connectivity index (χ3v) is 5.70. The number of carbonyl (C=O) groups excluding carboxylic acids is 2. The van der Waals surface area contributed by atoms with Crippen LogP contribution in [0.1, 0.15) is 44.9 Å². The van der Waals surface area contributed by atoms with Crippen molar-refractivity contribution in [2.45, 2.75) is 52.6 Å². The summed E-state index contributed by atoms with van der Waals surface area (Å²) in [6.07, 6.45) is 13.9. The number of hydrogen-bond acceptors (Lipinski definition) is 6. The fraction of sp³-hybridized carbons (Fsp3) is 0.267. The Kier molecular flexibility index (Phi) is 7.77. The summed E-state index contributed by atoms with van der Waals surface area (Å²) in [5.41, 5.74) is 4.68. The predicted molar refractivity (Wildman–Crippen MR) is 149 cm³/mol. The zero-order valence-corrected chi connectivity index (χ0v) is 22.0. The maximum Gasteiger partial charge on any atom is 0.435 e. The molecule has 1 aliphatic carbocycles. The Morgan fingerprint density at radius 2 is 1.89 bits per heavy atom. The molecule has 1 aromatic carbocycles. The number of aromatic nitrogens is 3. The highest BCUT2D eigenvalue weighted by Crippen LogP contribution is 2.27. The maximum atomic E-state index is 12.6. The number of aryl methyl sites for hydroxylation is 1. The highest BCUT2D eigenvalue weighted by atomic mass is 16.6. The molecule has 4 rings (SSSR count). The van der Waals surface area contributed by atoms with Crippen LogP contribution in [0.3, 0.4) is 0 Å². The molecule has 2 aromatic heterocycles. The van der Waals surface area contributed by atoms with Crippen LogP contribution in [0.15, 0.2) is 66.3 Å². The van der Waals surface area contributed by atoms with Gasteiger partial charge in [0, 0.05) is 23.0 Å². The lowest BCUT2D eigenvalue weighted by atomic mass is 9.97. The first kappa shape index (κ1) is 26.4. The minimum atomic E-state index is -0.629. The summed E-state index contributed by atoms with van der Waals surface area (Å²) in [6, 6.07) is 13.2. The van der Waals surface area contributed by atoms with E-state index in [-0.39, 0.29) is 0 Å². The SMILES string of the molecule is C#CC(=O)Nc1ccc(-c2cc(CC3=CC=CCC3)cc(Nc3cc(C)n(C(=O)OC(C)(C)C)n3)n2)cc1. The van der Waals surface area contributed by atoms with E-state index in [0.29, 0.717) is 23.0 Å². The molecule has 0 radical (unpaired) electrons. The van der Waals surface area contributed by atoms with Gasteiger partial charge in [-0.2, -0.15) is 4.68 Å². The predicted octanol–water partition coefficient (Wildman–Crippen LogP) is 6.17. The molecule has 2 N–H and O–H groups in total. The van der Waals surface area contributed by atoms with Crippen molar-refractivity contribution in [1.29, 1.82) is 0 Å². The molecule has 8 nitrogen and oxygen atoms in total. The van der Waals surface area contributed by atoms with Gasteiger partial charge in [0.15, 0.2) is 5.82 Å². The molecule has 1 amide bonds. The summed E-state index contributed by atoms with van der Waals surface area (Å²) in [5.74, 6) is 2.63. The topological polar surface area (TPSA) is 98.1 Å². The molecular formula is C30H31N5O3. The molecule has 0 aliphatic heterocycles. The van der Waals surface area contributed by atoms with Crippen LogP contribution in [0.2, 0.25) is 0 Å². The van der Waals surface area contributed by atoms with Gasteiger partial charge in [0.1, 0.15) is 11.4 Å². The lowest BCUT2D eigenvalue weighted by molar-refractivity contribution is -0.111. The molecular weight excluding hydrogens is 478 g/mol. The third kappa shape index (κ3) is 6.98. The van der Waals surface area contributed by atoms with E-state index in [9.17, 15) is 9.59 Å². The van der Waals surface area contributed by atoms with Crippen LogP contribution >= 0.6 is 0 Å². The number of carbonyl (C=O) groups is 2. The van der Waals surface area contributed by atoms with Gasteiger partial charge in [0.05, 0.1) is 5.69 Å². The Morgan fingerprint density at radius 1 is 1.13 bits per heavy atom. The standard InChI is InChI=1S/C30H31N5O3/c1-6-28(36)31-24-14-12-23(13-15-24)25-18-22(17-21-10-8-7-9-11-21)19-26(32-25)33-27-16-20(2)35(34-27)29(37)38-30(3,4)5/h1,7-8,10,12-16,18-19H,9,11,17H2,2-5H3,(H,31,36)(H,32,33,34). The van der Waals surface area contributed by atoms with Gasteiger partial charge in [0.25, 0.3) is 5.91 Å². The first-order valence-electron chi connectivity index (χ1n) is 12.4. The van der Waals surface area contributed by atoms with Gasteiger partial charge in [-0.05, 0) is 82.7 Å². The van der Waals surface area contributed by atoms with E-state index in [4.69, 9.17) is 16.1 Å². The summed E-state index contributed by atoms with van der Waals surface area (Å²) in [5, 5.41) is 10.3. The Morgan fingerprint density at radius 3 is 2.55 bits per heavy atom. The Bertz CT molecular complexity index is 1450. The number of nitrogens with zero attached hydrogens (tertiary/aromatic N) is 3. The second kappa shape index (κ2) is 11.2. The Balaban J connectivity index is 1.64. The quantitative estimate of drug-likeness (QED) is 0.386. The molecule has 0 saturated heterocycles. The van der Waals surface area contributed by atoms with Crippen LogP contribution < -0.4 is 10.6 Å². The number of hydrogen-bond donors (Lipinski definition) is 2. The molecule has 0 unspecified atom stereocenters. The van der Waals surface area contributed by atoms with Gasteiger partial charge < -0.3 is 15.4 Å². The van der Waals surface area contributed by atoms with Crippen LogP contribution in [0.25, 0.3) is 11.3 Å². The van der Waals surface area contributed by atoms with Crippen LogP contribution in [0, 0.1) is 19.3 Å². The lowest BCUT2D eigenvalue weighted by Crippen LogP contribution is -2.28. The molecule has 0 fully saturated rings.